The quantitative estimate of drug-likeness (QED) is 0.320. The molecule has 1 atom stereocenters. The summed E-state index contributed by atoms with van der Waals surface area (Å²) >= 11 is 0. The number of carbonyl (C=O) groups excluding carboxylic acids is 1. The lowest BCUT2D eigenvalue weighted by atomic mass is 10.1. The van der Waals surface area contributed by atoms with Crippen LogP contribution >= 0.6 is 0 Å². The number of aliphatic hydroxyl groups excluding tert-OH is 1. The summed E-state index contributed by atoms with van der Waals surface area (Å²) in [5.41, 5.74) is 1.54. The first kappa shape index (κ1) is 24.6. The molecule has 28 heavy (non-hydrogen) atoms. The first-order chi connectivity index (χ1) is 13.5. The first-order valence-electron chi connectivity index (χ1n) is 10.8. The van der Waals surface area contributed by atoms with Gasteiger partial charge >= 0.3 is 0 Å². The number of carbonyl (C=O) groups is 1. The fourth-order valence-corrected chi connectivity index (χ4v) is 2.82. The van der Waals surface area contributed by atoms with Gasteiger partial charge in [-0.3, -0.25) is 4.79 Å². The van der Waals surface area contributed by atoms with E-state index in [0.717, 1.165) is 12.0 Å². The highest BCUT2D eigenvalue weighted by Gasteiger charge is 2.12. The zero-order chi connectivity index (χ0) is 20.8. The van der Waals surface area contributed by atoms with Crippen molar-refractivity contribution in [3.63, 3.8) is 0 Å². The van der Waals surface area contributed by atoms with Crippen LogP contribution in [0.4, 0.5) is 0 Å². The number of Topliss-reactive ketones (excluding diaryl/α,β-unsaturated/α-hetero) is 1. The lowest BCUT2D eigenvalue weighted by Gasteiger charge is -2.17. The van der Waals surface area contributed by atoms with Gasteiger partial charge in [0.25, 0.3) is 0 Å². The molecule has 5 heteroatoms. The Morgan fingerprint density at radius 2 is 1.89 bits per heavy atom. The predicted octanol–water partition coefficient (Wildman–Crippen LogP) is 4.50. The van der Waals surface area contributed by atoms with Gasteiger partial charge in [0, 0.05) is 36.7 Å². The highest BCUT2D eigenvalue weighted by atomic mass is 16.5. The molecule has 0 saturated heterocycles. The summed E-state index contributed by atoms with van der Waals surface area (Å²) in [7, 11) is 0. The fourth-order valence-electron chi connectivity index (χ4n) is 2.82. The lowest BCUT2D eigenvalue weighted by molar-refractivity contribution is 0.0951. The van der Waals surface area contributed by atoms with E-state index in [9.17, 15) is 9.90 Å². The number of nitrogens with one attached hydrogen (secondary N) is 1. The Hall–Kier alpha value is -1.43. The van der Waals surface area contributed by atoms with Gasteiger partial charge in [-0.05, 0) is 24.6 Å². The fraction of sp³-hybridized carbons (Fsp3) is 0.696. The summed E-state index contributed by atoms with van der Waals surface area (Å²) in [5, 5.41) is 13.3. The van der Waals surface area contributed by atoms with Crippen molar-refractivity contribution < 1.29 is 19.4 Å². The van der Waals surface area contributed by atoms with E-state index in [2.05, 4.69) is 12.2 Å². The van der Waals surface area contributed by atoms with Gasteiger partial charge in [-0.1, -0.05) is 53.4 Å². The standard InChI is InChI=1S/C23H39NO4/c1-5-7-8-9-10-13-27-16-20-14-19(22(26)6-2)11-12-23(20)28-17-21(25)15-24-18(3)4/h11-12,14,18,21,24-25H,5-10,13,15-17H2,1-4H3/t21-/m1/s1. The van der Waals surface area contributed by atoms with Crippen LogP contribution in [0.3, 0.4) is 0 Å². The normalized spacial score (nSPS) is 12.4. The van der Waals surface area contributed by atoms with Crippen molar-refractivity contribution >= 4 is 5.78 Å². The Morgan fingerprint density at radius 1 is 1.14 bits per heavy atom. The Labute approximate surface area is 170 Å². The number of unbranched alkanes of at least 4 members (excludes halogenated alkanes) is 4. The molecule has 5 nitrogen and oxygen atoms in total. The van der Waals surface area contributed by atoms with Gasteiger partial charge in [-0.2, -0.15) is 0 Å². The summed E-state index contributed by atoms with van der Waals surface area (Å²) in [6.07, 6.45) is 5.86. The number of rotatable bonds is 16. The van der Waals surface area contributed by atoms with E-state index in [1.165, 1.54) is 25.7 Å². The molecule has 1 rings (SSSR count). The monoisotopic (exact) mass is 393 g/mol. The van der Waals surface area contributed by atoms with Crippen molar-refractivity contribution in [3.8, 4) is 5.75 Å². The van der Waals surface area contributed by atoms with Crippen LogP contribution in [0.15, 0.2) is 18.2 Å². The van der Waals surface area contributed by atoms with Gasteiger partial charge in [-0.25, -0.2) is 0 Å². The van der Waals surface area contributed by atoms with Crippen molar-refractivity contribution in [2.45, 2.75) is 85.0 Å². The van der Waals surface area contributed by atoms with Crippen LogP contribution in [0.25, 0.3) is 0 Å². The Kier molecular flexibility index (Phi) is 12.8. The van der Waals surface area contributed by atoms with Gasteiger partial charge in [0.2, 0.25) is 0 Å². The van der Waals surface area contributed by atoms with Crippen molar-refractivity contribution in [1.82, 2.24) is 5.32 Å². The molecule has 0 aromatic heterocycles. The minimum Gasteiger partial charge on any atom is -0.490 e. The maximum atomic E-state index is 12.0. The summed E-state index contributed by atoms with van der Waals surface area (Å²) in [6, 6.07) is 5.77. The molecule has 0 aliphatic heterocycles. The summed E-state index contributed by atoms with van der Waals surface area (Å²) in [6.45, 7) is 9.93. The number of aliphatic hydroxyl groups is 1. The summed E-state index contributed by atoms with van der Waals surface area (Å²) in [5.74, 6) is 0.774. The molecule has 1 aromatic carbocycles. The molecular weight excluding hydrogens is 354 g/mol. The number of ether oxygens (including phenoxy) is 2. The van der Waals surface area contributed by atoms with Crippen LogP contribution in [0, 0.1) is 0 Å². The van der Waals surface area contributed by atoms with Crippen LogP contribution in [0.5, 0.6) is 5.75 Å². The largest absolute Gasteiger partial charge is 0.490 e. The number of benzene rings is 1. The average molecular weight is 394 g/mol. The second-order valence-corrected chi connectivity index (χ2v) is 7.59. The Balaban J connectivity index is 2.62. The molecule has 1 aromatic rings. The third-order valence-corrected chi connectivity index (χ3v) is 4.55. The lowest BCUT2D eigenvalue weighted by Crippen LogP contribution is -2.35. The van der Waals surface area contributed by atoms with Crippen LogP contribution in [0.2, 0.25) is 0 Å². The molecule has 0 amide bonds. The molecule has 0 unspecified atom stereocenters. The smallest absolute Gasteiger partial charge is 0.162 e. The van der Waals surface area contributed by atoms with E-state index in [4.69, 9.17) is 9.47 Å². The van der Waals surface area contributed by atoms with Crippen molar-refractivity contribution in [3.05, 3.63) is 29.3 Å². The van der Waals surface area contributed by atoms with E-state index in [1.54, 1.807) is 6.07 Å². The van der Waals surface area contributed by atoms with E-state index < -0.39 is 6.10 Å². The molecule has 0 aliphatic carbocycles. The van der Waals surface area contributed by atoms with Gasteiger partial charge in [0.05, 0.1) is 6.61 Å². The molecule has 2 N–H and O–H groups in total. The minimum atomic E-state index is -0.591. The second kappa shape index (κ2) is 14.6. The zero-order valence-corrected chi connectivity index (χ0v) is 18.1. The van der Waals surface area contributed by atoms with Crippen molar-refractivity contribution in [2.24, 2.45) is 0 Å². The van der Waals surface area contributed by atoms with E-state index in [0.29, 0.717) is 43.5 Å². The van der Waals surface area contributed by atoms with E-state index >= 15 is 0 Å². The maximum absolute atomic E-state index is 12.0. The van der Waals surface area contributed by atoms with Crippen LogP contribution in [-0.4, -0.2) is 42.8 Å². The van der Waals surface area contributed by atoms with Crippen molar-refractivity contribution in [2.75, 3.05) is 19.8 Å². The number of hydrogen-bond donors (Lipinski definition) is 2. The van der Waals surface area contributed by atoms with Crippen LogP contribution < -0.4 is 10.1 Å². The SMILES string of the molecule is CCCCCCCOCc1cc(C(=O)CC)ccc1OC[C@H](O)CNC(C)C. The summed E-state index contributed by atoms with van der Waals surface area (Å²) < 4.78 is 11.7. The highest BCUT2D eigenvalue weighted by molar-refractivity contribution is 5.96. The van der Waals surface area contributed by atoms with E-state index in [-0.39, 0.29) is 12.4 Å². The highest BCUT2D eigenvalue weighted by Crippen LogP contribution is 2.22. The van der Waals surface area contributed by atoms with Gasteiger partial charge < -0.3 is 19.9 Å². The third-order valence-electron chi connectivity index (χ3n) is 4.55. The zero-order valence-electron chi connectivity index (χ0n) is 18.1. The molecular formula is C23H39NO4. The third kappa shape index (κ3) is 10.2. The molecule has 0 aliphatic rings. The first-order valence-corrected chi connectivity index (χ1v) is 10.8. The number of hydrogen-bond acceptors (Lipinski definition) is 5. The molecule has 0 fully saturated rings. The van der Waals surface area contributed by atoms with Gasteiger partial charge in [0.15, 0.2) is 5.78 Å². The van der Waals surface area contributed by atoms with Crippen LogP contribution in [-0.2, 0) is 11.3 Å². The van der Waals surface area contributed by atoms with Crippen LogP contribution in [0.1, 0.15) is 82.1 Å². The summed E-state index contributed by atoms with van der Waals surface area (Å²) in [4.78, 5) is 12.0. The predicted molar refractivity (Wildman–Crippen MR) is 114 cm³/mol. The molecule has 0 spiro atoms. The van der Waals surface area contributed by atoms with Gasteiger partial charge in [0.1, 0.15) is 18.5 Å². The molecule has 0 radical (unpaired) electrons. The minimum absolute atomic E-state index is 0.105. The average Bonchev–Trinajstić information content (AvgIpc) is 2.69. The molecule has 0 heterocycles. The van der Waals surface area contributed by atoms with Gasteiger partial charge in [-0.15, -0.1) is 0 Å². The topological polar surface area (TPSA) is 67.8 Å². The Bertz CT molecular complexity index is 560. The second-order valence-electron chi connectivity index (χ2n) is 7.59. The maximum Gasteiger partial charge on any atom is 0.162 e. The number of ketones is 1. The van der Waals surface area contributed by atoms with Crippen molar-refractivity contribution in [1.29, 1.82) is 0 Å². The molecule has 0 bridgehead atoms. The Morgan fingerprint density at radius 3 is 2.57 bits per heavy atom. The molecule has 160 valence electrons. The van der Waals surface area contributed by atoms with E-state index in [1.807, 2.05) is 32.9 Å². The molecule has 0 saturated carbocycles.